The molecule has 1 aliphatic carbocycles. The van der Waals surface area contributed by atoms with Crippen molar-refractivity contribution in [2.75, 3.05) is 5.32 Å². The van der Waals surface area contributed by atoms with Gasteiger partial charge in [-0.15, -0.1) is 0 Å². The molecule has 3 aromatic rings. The molecule has 6 heteroatoms. The molecule has 1 N–H and O–H groups in total. The second kappa shape index (κ2) is 7.03. The molecule has 148 valence electrons. The highest BCUT2D eigenvalue weighted by Crippen LogP contribution is 2.38. The summed E-state index contributed by atoms with van der Waals surface area (Å²) in [7, 11) is 0. The minimum atomic E-state index is -4.48. The summed E-state index contributed by atoms with van der Waals surface area (Å²) in [5, 5.41) is 3.20. The van der Waals surface area contributed by atoms with E-state index in [-0.39, 0.29) is 17.1 Å². The van der Waals surface area contributed by atoms with Gasteiger partial charge in [-0.3, -0.25) is 0 Å². The second-order valence-corrected chi connectivity index (χ2v) is 7.09. The standard InChI is InChI=1S/C23H18F4N2/c1-13-11-21(17-5-3-4-6-19(17)23(25,26)27)29-22(14(13)2)28-20-10-8-15-7-9-16(24)12-18(15)20/h3-7,9-12H,8H2,1-2H3,(H,28,29). The van der Waals surface area contributed by atoms with E-state index in [0.717, 1.165) is 28.3 Å². The van der Waals surface area contributed by atoms with E-state index in [4.69, 9.17) is 0 Å². The van der Waals surface area contributed by atoms with E-state index in [1.165, 1.54) is 24.3 Å². The smallest absolute Gasteiger partial charge is 0.340 e. The molecule has 1 aliphatic rings. The Morgan fingerprint density at radius 3 is 2.48 bits per heavy atom. The SMILES string of the molecule is Cc1cc(-c2ccccc2C(F)(F)F)nc(NC2=CCc3ccc(F)cc32)c1C. The van der Waals surface area contributed by atoms with Gasteiger partial charge in [0, 0.05) is 16.8 Å². The Hall–Kier alpha value is -3.15. The fourth-order valence-corrected chi connectivity index (χ4v) is 3.50. The monoisotopic (exact) mass is 398 g/mol. The summed E-state index contributed by atoms with van der Waals surface area (Å²) in [5.74, 6) is 0.118. The first kappa shape index (κ1) is 19.2. The number of benzene rings is 2. The van der Waals surface area contributed by atoms with E-state index in [2.05, 4.69) is 10.3 Å². The first-order chi connectivity index (χ1) is 13.7. The number of allylic oxidation sites excluding steroid dienone is 1. The molecule has 0 atom stereocenters. The summed E-state index contributed by atoms with van der Waals surface area (Å²) in [6.07, 6.45) is -1.89. The van der Waals surface area contributed by atoms with E-state index >= 15 is 0 Å². The van der Waals surface area contributed by atoms with Gasteiger partial charge in [-0.1, -0.05) is 30.3 Å². The summed E-state index contributed by atoms with van der Waals surface area (Å²) >= 11 is 0. The largest absolute Gasteiger partial charge is 0.417 e. The van der Waals surface area contributed by atoms with E-state index in [1.54, 1.807) is 18.2 Å². The van der Waals surface area contributed by atoms with E-state index in [1.807, 2.05) is 19.9 Å². The molecule has 29 heavy (non-hydrogen) atoms. The van der Waals surface area contributed by atoms with Gasteiger partial charge in [-0.2, -0.15) is 13.2 Å². The maximum Gasteiger partial charge on any atom is 0.417 e. The zero-order valence-corrected chi connectivity index (χ0v) is 15.9. The van der Waals surface area contributed by atoms with Crippen LogP contribution < -0.4 is 5.32 Å². The van der Waals surface area contributed by atoms with Gasteiger partial charge in [0.15, 0.2) is 0 Å². The average Bonchev–Trinajstić information content (AvgIpc) is 3.06. The van der Waals surface area contributed by atoms with Crippen molar-refractivity contribution in [2.24, 2.45) is 0 Å². The molecular weight excluding hydrogens is 380 g/mol. The average molecular weight is 398 g/mol. The topological polar surface area (TPSA) is 24.9 Å². The Morgan fingerprint density at radius 2 is 1.72 bits per heavy atom. The number of aromatic nitrogens is 1. The van der Waals surface area contributed by atoms with Crippen LogP contribution in [0.1, 0.15) is 27.8 Å². The Morgan fingerprint density at radius 1 is 0.966 bits per heavy atom. The van der Waals surface area contributed by atoms with Crippen molar-refractivity contribution in [1.29, 1.82) is 0 Å². The summed E-state index contributed by atoms with van der Waals surface area (Å²) in [6.45, 7) is 3.69. The Kier molecular flexibility index (Phi) is 4.65. The molecule has 0 amide bonds. The number of hydrogen-bond donors (Lipinski definition) is 1. The molecule has 4 rings (SSSR count). The number of nitrogens with zero attached hydrogens (tertiary/aromatic N) is 1. The summed E-state index contributed by atoms with van der Waals surface area (Å²) < 4.78 is 54.1. The molecule has 0 spiro atoms. The lowest BCUT2D eigenvalue weighted by molar-refractivity contribution is -0.137. The molecular formula is C23H18F4N2. The van der Waals surface area contributed by atoms with Crippen LogP contribution >= 0.6 is 0 Å². The van der Waals surface area contributed by atoms with Gasteiger partial charge in [0.1, 0.15) is 11.6 Å². The minimum absolute atomic E-state index is 0.0259. The van der Waals surface area contributed by atoms with Crippen LogP contribution in [0.4, 0.5) is 23.4 Å². The highest BCUT2D eigenvalue weighted by molar-refractivity contribution is 5.82. The summed E-state index contributed by atoms with van der Waals surface area (Å²) in [6, 6.07) is 11.7. The first-order valence-corrected chi connectivity index (χ1v) is 9.15. The third-order valence-corrected chi connectivity index (χ3v) is 5.18. The van der Waals surface area contributed by atoms with Gasteiger partial charge in [0.05, 0.1) is 11.3 Å². The lowest BCUT2D eigenvalue weighted by Gasteiger charge is -2.17. The number of hydrogen-bond acceptors (Lipinski definition) is 2. The molecule has 0 radical (unpaired) electrons. The van der Waals surface area contributed by atoms with Crippen LogP contribution in [0.3, 0.4) is 0 Å². The van der Waals surface area contributed by atoms with Crippen molar-refractivity contribution in [3.05, 3.63) is 88.2 Å². The normalized spacial score (nSPS) is 13.2. The zero-order chi connectivity index (χ0) is 20.8. The Balaban J connectivity index is 1.77. The Bertz CT molecular complexity index is 1130. The third kappa shape index (κ3) is 3.62. The number of nitrogens with one attached hydrogen (secondary N) is 1. The maximum atomic E-state index is 13.7. The quantitative estimate of drug-likeness (QED) is 0.507. The highest BCUT2D eigenvalue weighted by Gasteiger charge is 2.33. The fourth-order valence-electron chi connectivity index (χ4n) is 3.50. The van der Waals surface area contributed by atoms with Gasteiger partial charge in [-0.25, -0.2) is 9.37 Å². The fraction of sp³-hybridized carbons (Fsp3) is 0.174. The van der Waals surface area contributed by atoms with Crippen molar-refractivity contribution in [3.8, 4) is 11.3 Å². The number of anilines is 1. The van der Waals surface area contributed by atoms with E-state index in [9.17, 15) is 17.6 Å². The molecule has 2 aromatic carbocycles. The Labute approximate surface area is 165 Å². The molecule has 0 saturated heterocycles. The maximum absolute atomic E-state index is 13.7. The minimum Gasteiger partial charge on any atom is -0.340 e. The zero-order valence-electron chi connectivity index (χ0n) is 15.9. The number of halogens is 4. The van der Waals surface area contributed by atoms with Gasteiger partial charge in [0.25, 0.3) is 0 Å². The van der Waals surface area contributed by atoms with Crippen molar-refractivity contribution >= 4 is 11.5 Å². The van der Waals surface area contributed by atoms with Crippen LogP contribution in [-0.2, 0) is 12.6 Å². The molecule has 0 fully saturated rings. The highest BCUT2D eigenvalue weighted by atomic mass is 19.4. The molecule has 0 saturated carbocycles. The van der Waals surface area contributed by atoms with Crippen LogP contribution in [0.2, 0.25) is 0 Å². The molecule has 0 unspecified atom stereocenters. The van der Waals surface area contributed by atoms with Crippen LogP contribution in [-0.4, -0.2) is 4.98 Å². The number of pyridine rings is 1. The lowest BCUT2D eigenvalue weighted by atomic mass is 10.0. The van der Waals surface area contributed by atoms with Gasteiger partial charge < -0.3 is 5.32 Å². The van der Waals surface area contributed by atoms with E-state index < -0.39 is 11.7 Å². The van der Waals surface area contributed by atoms with Gasteiger partial charge in [-0.05, 0) is 61.2 Å². The third-order valence-electron chi connectivity index (χ3n) is 5.18. The molecule has 2 nitrogen and oxygen atoms in total. The van der Waals surface area contributed by atoms with Crippen LogP contribution in [0.25, 0.3) is 17.0 Å². The van der Waals surface area contributed by atoms with Crippen LogP contribution in [0.5, 0.6) is 0 Å². The first-order valence-electron chi connectivity index (χ1n) is 9.15. The van der Waals surface area contributed by atoms with Gasteiger partial charge >= 0.3 is 6.18 Å². The summed E-state index contributed by atoms with van der Waals surface area (Å²) in [4.78, 5) is 4.49. The second-order valence-electron chi connectivity index (χ2n) is 7.09. The molecule has 0 aliphatic heterocycles. The molecule has 1 heterocycles. The number of alkyl halides is 3. The number of rotatable bonds is 3. The van der Waals surface area contributed by atoms with E-state index in [0.29, 0.717) is 17.9 Å². The lowest BCUT2D eigenvalue weighted by Crippen LogP contribution is -2.09. The van der Waals surface area contributed by atoms with Gasteiger partial charge in [0.2, 0.25) is 0 Å². The van der Waals surface area contributed by atoms with Crippen molar-refractivity contribution in [2.45, 2.75) is 26.4 Å². The number of fused-ring (bicyclic) bond motifs is 1. The number of aryl methyl sites for hydroxylation is 1. The van der Waals surface area contributed by atoms with Crippen molar-refractivity contribution in [3.63, 3.8) is 0 Å². The molecule has 1 aromatic heterocycles. The van der Waals surface area contributed by atoms with Crippen molar-refractivity contribution < 1.29 is 17.6 Å². The summed E-state index contributed by atoms with van der Waals surface area (Å²) in [5.41, 5.74) is 3.60. The van der Waals surface area contributed by atoms with Crippen LogP contribution in [0.15, 0.2) is 54.6 Å². The molecule has 0 bridgehead atoms. The predicted molar refractivity (Wildman–Crippen MR) is 106 cm³/mol. The van der Waals surface area contributed by atoms with Crippen molar-refractivity contribution in [1.82, 2.24) is 4.98 Å². The van der Waals surface area contributed by atoms with Crippen LogP contribution in [0, 0.1) is 19.7 Å². The predicted octanol–water partition coefficient (Wildman–Crippen LogP) is 6.53.